The zero-order valence-electron chi connectivity index (χ0n) is 12.0. The largest absolute Gasteiger partial charge is 0.362 e. The third-order valence-electron chi connectivity index (χ3n) is 3.09. The lowest BCUT2D eigenvalue weighted by Gasteiger charge is -2.16. The van der Waals surface area contributed by atoms with Gasteiger partial charge in [-0.25, -0.2) is 9.97 Å². The minimum atomic E-state index is 0.0651. The number of pyridine rings is 1. The lowest BCUT2D eigenvalue weighted by molar-refractivity contribution is 0.800. The predicted molar refractivity (Wildman–Crippen MR) is 82.0 cm³/mol. The third-order valence-corrected chi connectivity index (χ3v) is 3.46. The standard InChI is InChI=1S/C15H19ClN4/c1-4-7-13-19-14(16)10(2)15(20-13)18-11(3)12-8-5-6-9-17-12/h5-6,8-9,11H,4,7H2,1-3H3,(H,18,19,20). The minimum absolute atomic E-state index is 0.0651. The van der Waals surface area contributed by atoms with Gasteiger partial charge in [-0.2, -0.15) is 0 Å². The van der Waals surface area contributed by atoms with Crippen LogP contribution in [0.25, 0.3) is 0 Å². The first-order valence-electron chi connectivity index (χ1n) is 6.82. The van der Waals surface area contributed by atoms with Crippen LogP contribution in [0.3, 0.4) is 0 Å². The molecule has 1 unspecified atom stereocenters. The molecule has 1 atom stereocenters. The molecular formula is C15H19ClN4. The van der Waals surface area contributed by atoms with Gasteiger partial charge in [0.15, 0.2) is 0 Å². The first-order valence-corrected chi connectivity index (χ1v) is 7.20. The Morgan fingerprint density at radius 2 is 2.10 bits per heavy atom. The van der Waals surface area contributed by atoms with Gasteiger partial charge in [-0.05, 0) is 32.4 Å². The van der Waals surface area contributed by atoms with E-state index in [9.17, 15) is 0 Å². The molecule has 0 bridgehead atoms. The van der Waals surface area contributed by atoms with Gasteiger partial charge in [-0.1, -0.05) is 24.6 Å². The fraction of sp³-hybridized carbons (Fsp3) is 0.400. The maximum absolute atomic E-state index is 6.18. The highest BCUT2D eigenvalue weighted by molar-refractivity contribution is 6.30. The highest BCUT2D eigenvalue weighted by Crippen LogP contribution is 2.24. The van der Waals surface area contributed by atoms with Gasteiger partial charge in [0.2, 0.25) is 0 Å². The molecule has 0 fully saturated rings. The van der Waals surface area contributed by atoms with Crippen LogP contribution in [0.5, 0.6) is 0 Å². The SMILES string of the molecule is CCCc1nc(Cl)c(C)c(NC(C)c2ccccn2)n1. The van der Waals surface area contributed by atoms with E-state index in [1.165, 1.54) is 0 Å². The van der Waals surface area contributed by atoms with E-state index in [4.69, 9.17) is 11.6 Å². The number of nitrogens with zero attached hydrogens (tertiary/aromatic N) is 3. The van der Waals surface area contributed by atoms with Crippen LogP contribution in [0.15, 0.2) is 24.4 Å². The van der Waals surface area contributed by atoms with E-state index in [2.05, 4.69) is 34.1 Å². The third kappa shape index (κ3) is 3.45. The van der Waals surface area contributed by atoms with Crippen molar-refractivity contribution in [1.29, 1.82) is 0 Å². The van der Waals surface area contributed by atoms with Gasteiger partial charge in [0.1, 0.15) is 16.8 Å². The zero-order valence-corrected chi connectivity index (χ0v) is 12.8. The smallest absolute Gasteiger partial charge is 0.137 e. The van der Waals surface area contributed by atoms with E-state index >= 15 is 0 Å². The fourth-order valence-corrected chi connectivity index (χ4v) is 2.11. The van der Waals surface area contributed by atoms with E-state index < -0.39 is 0 Å². The molecule has 0 spiro atoms. The molecule has 0 radical (unpaired) electrons. The van der Waals surface area contributed by atoms with Gasteiger partial charge in [0, 0.05) is 18.2 Å². The van der Waals surface area contributed by atoms with Crippen molar-refractivity contribution in [2.45, 2.75) is 39.7 Å². The number of aromatic nitrogens is 3. The summed E-state index contributed by atoms with van der Waals surface area (Å²) < 4.78 is 0. The summed E-state index contributed by atoms with van der Waals surface area (Å²) in [4.78, 5) is 13.2. The summed E-state index contributed by atoms with van der Waals surface area (Å²) in [6.07, 6.45) is 3.61. The lowest BCUT2D eigenvalue weighted by Crippen LogP contribution is -2.12. The second kappa shape index (κ2) is 6.66. The number of nitrogens with one attached hydrogen (secondary N) is 1. The van der Waals surface area contributed by atoms with Crippen LogP contribution in [0.1, 0.15) is 43.4 Å². The molecule has 0 aliphatic rings. The Hall–Kier alpha value is -1.68. The van der Waals surface area contributed by atoms with Gasteiger partial charge >= 0.3 is 0 Å². The summed E-state index contributed by atoms with van der Waals surface area (Å²) in [5.74, 6) is 1.56. The molecule has 1 N–H and O–H groups in total. The Bertz CT molecular complexity index is 572. The molecule has 2 heterocycles. The van der Waals surface area contributed by atoms with Gasteiger partial charge in [0.05, 0.1) is 11.7 Å². The van der Waals surface area contributed by atoms with E-state index in [1.807, 2.05) is 25.1 Å². The van der Waals surface area contributed by atoms with Crippen molar-refractivity contribution in [3.05, 3.63) is 46.6 Å². The summed E-state index contributed by atoms with van der Waals surface area (Å²) in [5.41, 5.74) is 1.84. The predicted octanol–water partition coefficient (Wildman–Crippen LogP) is 3.96. The van der Waals surface area contributed by atoms with Crippen molar-refractivity contribution >= 4 is 17.4 Å². The van der Waals surface area contributed by atoms with Crippen molar-refractivity contribution in [2.24, 2.45) is 0 Å². The zero-order chi connectivity index (χ0) is 14.5. The van der Waals surface area contributed by atoms with E-state index in [-0.39, 0.29) is 6.04 Å². The van der Waals surface area contributed by atoms with E-state index in [0.717, 1.165) is 35.7 Å². The molecule has 5 heteroatoms. The van der Waals surface area contributed by atoms with Crippen LogP contribution >= 0.6 is 11.6 Å². The Balaban J connectivity index is 2.24. The highest BCUT2D eigenvalue weighted by atomic mass is 35.5. The monoisotopic (exact) mass is 290 g/mol. The van der Waals surface area contributed by atoms with Crippen LogP contribution in [-0.4, -0.2) is 15.0 Å². The first-order chi connectivity index (χ1) is 9.61. The van der Waals surface area contributed by atoms with Crippen LogP contribution in [0.2, 0.25) is 5.15 Å². The average Bonchev–Trinajstić information content (AvgIpc) is 2.45. The Morgan fingerprint density at radius 3 is 2.75 bits per heavy atom. The first kappa shape index (κ1) is 14.7. The molecule has 0 aromatic carbocycles. The second-order valence-corrected chi connectivity index (χ2v) is 5.13. The van der Waals surface area contributed by atoms with Gasteiger partial charge < -0.3 is 5.32 Å². The fourth-order valence-electron chi connectivity index (χ4n) is 1.92. The number of hydrogen-bond donors (Lipinski definition) is 1. The van der Waals surface area contributed by atoms with E-state index in [0.29, 0.717) is 5.15 Å². The van der Waals surface area contributed by atoms with Gasteiger partial charge in [0.25, 0.3) is 0 Å². The topological polar surface area (TPSA) is 50.7 Å². The molecule has 106 valence electrons. The summed E-state index contributed by atoms with van der Waals surface area (Å²) >= 11 is 6.18. The van der Waals surface area contributed by atoms with Crippen LogP contribution < -0.4 is 5.32 Å². The molecule has 0 aliphatic carbocycles. The minimum Gasteiger partial charge on any atom is -0.362 e. The second-order valence-electron chi connectivity index (χ2n) is 4.77. The number of hydrogen-bond acceptors (Lipinski definition) is 4. The Morgan fingerprint density at radius 1 is 1.30 bits per heavy atom. The molecular weight excluding hydrogens is 272 g/mol. The number of anilines is 1. The molecule has 4 nitrogen and oxygen atoms in total. The summed E-state index contributed by atoms with van der Waals surface area (Å²) in [6, 6.07) is 5.93. The van der Waals surface area contributed by atoms with E-state index in [1.54, 1.807) is 6.20 Å². The van der Waals surface area contributed by atoms with Crippen LogP contribution in [-0.2, 0) is 6.42 Å². The summed E-state index contributed by atoms with van der Waals surface area (Å²) in [5, 5.41) is 3.88. The molecule has 2 aromatic rings. The molecule has 20 heavy (non-hydrogen) atoms. The van der Waals surface area contributed by atoms with Crippen molar-refractivity contribution in [3.8, 4) is 0 Å². The Labute approximate surface area is 124 Å². The van der Waals surface area contributed by atoms with Crippen molar-refractivity contribution in [3.63, 3.8) is 0 Å². The summed E-state index contributed by atoms with van der Waals surface area (Å²) in [6.45, 7) is 6.07. The lowest BCUT2D eigenvalue weighted by atomic mass is 10.2. The normalized spacial score (nSPS) is 12.2. The maximum Gasteiger partial charge on any atom is 0.137 e. The molecule has 0 saturated heterocycles. The number of rotatable bonds is 5. The quantitative estimate of drug-likeness (QED) is 0.847. The van der Waals surface area contributed by atoms with Crippen molar-refractivity contribution < 1.29 is 0 Å². The molecule has 2 rings (SSSR count). The maximum atomic E-state index is 6.18. The van der Waals surface area contributed by atoms with Crippen LogP contribution in [0.4, 0.5) is 5.82 Å². The Kier molecular flexibility index (Phi) is 4.90. The molecule has 2 aromatic heterocycles. The van der Waals surface area contributed by atoms with Gasteiger partial charge in [-0.3, -0.25) is 4.98 Å². The average molecular weight is 291 g/mol. The van der Waals surface area contributed by atoms with Crippen molar-refractivity contribution in [2.75, 3.05) is 5.32 Å². The molecule has 0 aliphatic heterocycles. The number of aryl methyl sites for hydroxylation is 1. The molecule has 0 saturated carbocycles. The highest BCUT2D eigenvalue weighted by Gasteiger charge is 2.13. The van der Waals surface area contributed by atoms with Crippen LogP contribution in [0, 0.1) is 6.92 Å². The number of halogens is 1. The molecule has 0 amide bonds. The van der Waals surface area contributed by atoms with Gasteiger partial charge in [-0.15, -0.1) is 0 Å². The van der Waals surface area contributed by atoms with Crippen molar-refractivity contribution in [1.82, 2.24) is 15.0 Å². The summed E-state index contributed by atoms with van der Waals surface area (Å²) in [7, 11) is 0.